The lowest BCUT2D eigenvalue weighted by Gasteiger charge is -2.43. The van der Waals surface area contributed by atoms with Gasteiger partial charge in [-0.3, -0.25) is 4.90 Å². The predicted molar refractivity (Wildman–Crippen MR) is 144 cm³/mol. The number of hydrogen-bond acceptors (Lipinski definition) is 5. The van der Waals surface area contributed by atoms with E-state index in [2.05, 4.69) is 27.7 Å². The van der Waals surface area contributed by atoms with E-state index in [0.29, 0.717) is 34.9 Å². The summed E-state index contributed by atoms with van der Waals surface area (Å²) in [5.41, 5.74) is 1.95. The van der Waals surface area contributed by atoms with Crippen LogP contribution in [0.15, 0.2) is 36.4 Å². The minimum Gasteiger partial charge on any atom is -0.493 e. The number of urea groups is 1. The summed E-state index contributed by atoms with van der Waals surface area (Å²) in [7, 11) is 4.68. The number of carbonyl (C=O) groups excluding carboxylic acids is 1. The molecule has 8 heteroatoms. The fraction of sp³-hybridized carbons (Fsp3) is 0.536. The first-order valence-electron chi connectivity index (χ1n) is 12.9. The zero-order chi connectivity index (χ0) is 25.5. The molecular formula is C28H38ClN3O4. The third-order valence-electron chi connectivity index (χ3n) is 7.52. The zero-order valence-electron chi connectivity index (χ0n) is 21.5. The highest BCUT2D eigenvalue weighted by Gasteiger charge is 2.33. The van der Waals surface area contributed by atoms with Crippen molar-refractivity contribution in [2.75, 3.05) is 39.7 Å². The first kappa shape index (κ1) is 26.4. The van der Waals surface area contributed by atoms with Crippen molar-refractivity contribution < 1.29 is 19.0 Å². The van der Waals surface area contributed by atoms with Crippen molar-refractivity contribution in [2.45, 2.75) is 57.0 Å². The third-order valence-corrected chi connectivity index (χ3v) is 7.78. The van der Waals surface area contributed by atoms with Gasteiger partial charge in [0.05, 0.1) is 27.0 Å². The summed E-state index contributed by atoms with van der Waals surface area (Å²) in [5, 5.41) is 7.01. The van der Waals surface area contributed by atoms with Gasteiger partial charge in [-0.05, 0) is 68.8 Å². The summed E-state index contributed by atoms with van der Waals surface area (Å²) in [6.45, 7) is 2.16. The number of likely N-dealkylation sites (tertiary alicyclic amines) is 1. The standard InChI is InChI=1S/C28H38ClN3O4/c1-34-25-17-22(18-26(35-2)27(25)36-3)30-28(33)31-23-6-4-5-7-24(23)32-14-12-20(13-15-32)16-19-8-10-21(29)11-9-19/h8-11,17-18,20,23-24H,4-7,12-16H2,1-3H3,(H2,30,31,33). The first-order chi connectivity index (χ1) is 17.5. The summed E-state index contributed by atoms with van der Waals surface area (Å²) in [4.78, 5) is 15.6. The van der Waals surface area contributed by atoms with E-state index in [-0.39, 0.29) is 12.1 Å². The minimum atomic E-state index is -0.209. The van der Waals surface area contributed by atoms with Gasteiger partial charge in [-0.1, -0.05) is 36.6 Å². The number of amides is 2. The molecule has 196 valence electrons. The number of rotatable bonds is 8. The molecule has 2 atom stereocenters. The topological polar surface area (TPSA) is 72.1 Å². The summed E-state index contributed by atoms with van der Waals surface area (Å²) >= 11 is 6.04. The molecule has 0 radical (unpaired) electrons. The Morgan fingerprint density at radius 2 is 1.58 bits per heavy atom. The number of carbonyl (C=O) groups is 1. The van der Waals surface area contributed by atoms with E-state index >= 15 is 0 Å². The SMILES string of the molecule is COc1cc(NC(=O)NC2CCCCC2N2CCC(Cc3ccc(Cl)cc3)CC2)cc(OC)c1OC. The van der Waals surface area contributed by atoms with Gasteiger partial charge < -0.3 is 24.8 Å². The van der Waals surface area contributed by atoms with E-state index in [4.69, 9.17) is 25.8 Å². The summed E-state index contributed by atoms with van der Waals surface area (Å²) < 4.78 is 16.2. The number of ether oxygens (including phenoxy) is 3. The van der Waals surface area contributed by atoms with Gasteiger partial charge in [-0.25, -0.2) is 4.79 Å². The summed E-state index contributed by atoms with van der Waals surface area (Å²) in [5.74, 6) is 2.20. The number of piperidine rings is 1. The Morgan fingerprint density at radius 3 is 2.19 bits per heavy atom. The number of nitrogens with zero attached hydrogens (tertiary/aromatic N) is 1. The summed E-state index contributed by atoms with van der Waals surface area (Å²) in [6.07, 6.45) is 7.94. The lowest BCUT2D eigenvalue weighted by atomic mass is 9.85. The third kappa shape index (κ3) is 6.56. The Balaban J connectivity index is 1.33. The number of nitrogens with one attached hydrogen (secondary N) is 2. The van der Waals surface area contributed by atoms with E-state index < -0.39 is 0 Å². The largest absolute Gasteiger partial charge is 0.493 e. The van der Waals surface area contributed by atoms with Gasteiger partial charge in [-0.2, -0.15) is 0 Å². The number of hydrogen-bond donors (Lipinski definition) is 2. The Labute approximate surface area is 219 Å². The maximum atomic E-state index is 13.0. The van der Waals surface area contributed by atoms with Crippen LogP contribution in [0.5, 0.6) is 17.2 Å². The van der Waals surface area contributed by atoms with Crippen LogP contribution in [0.25, 0.3) is 0 Å². The van der Waals surface area contributed by atoms with Crippen molar-refractivity contribution in [3.8, 4) is 17.2 Å². The van der Waals surface area contributed by atoms with E-state index in [0.717, 1.165) is 43.8 Å². The number of methoxy groups -OCH3 is 3. The number of halogens is 1. The maximum absolute atomic E-state index is 13.0. The van der Waals surface area contributed by atoms with Crippen molar-refractivity contribution >= 4 is 23.3 Å². The van der Waals surface area contributed by atoms with Gasteiger partial charge in [-0.15, -0.1) is 0 Å². The second-order valence-corrected chi connectivity index (χ2v) is 10.2. The van der Waals surface area contributed by atoms with Gasteiger partial charge in [0, 0.05) is 29.2 Å². The van der Waals surface area contributed by atoms with Crippen LogP contribution in [0.3, 0.4) is 0 Å². The molecule has 7 nitrogen and oxygen atoms in total. The van der Waals surface area contributed by atoms with E-state index in [1.165, 1.54) is 24.8 Å². The molecule has 2 aliphatic rings. The second kappa shape index (κ2) is 12.5. The number of benzene rings is 2. The average Bonchev–Trinajstić information content (AvgIpc) is 2.90. The van der Waals surface area contributed by atoms with E-state index in [1.54, 1.807) is 33.5 Å². The molecule has 1 aliphatic heterocycles. The molecule has 2 aromatic rings. The highest BCUT2D eigenvalue weighted by Crippen LogP contribution is 2.40. The van der Waals surface area contributed by atoms with Crippen LogP contribution in [0.2, 0.25) is 5.02 Å². The van der Waals surface area contributed by atoms with Crippen LogP contribution in [-0.2, 0) is 6.42 Å². The van der Waals surface area contributed by atoms with Crippen LogP contribution in [0, 0.1) is 5.92 Å². The van der Waals surface area contributed by atoms with Crippen LogP contribution in [0.4, 0.5) is 10.5 Å². The molecule has 2 fully saturated rings. The summed E-state index contributed by atoms with van der Waals surface area (Å²) in [6, 6.07) is 12.0. The van der Waals surface area contributed by atoms with Gasteiger partial charge in [0.15, 0.2) is 11.5 Å². The normalized spacial score (nSPS) is 21.0. The maximum Gasteiger partial charge on any atom is 0.319 e. The Kier molecular flexibility index (Phi) is 9.21. The fourth-order valence-corrected chi connectivity index (χ4v) is 5.77. The fourth-order valence-electron chi connectivity index (χ4n) is 5.65. The molecule has 2 N–H and O–H groups in total. The van der Waals surface area contributed by atoms with Gasteiger partial charge in [0.1, 0.15) is 0 Å². The lowest BCUT2D eigenvalue weighted by molar-refractivity contribution is 0.0859. The van der Waals surface area contributed by atoms with E-state index in [1.807, 2.05) is 12.1 Å². The van der Waals surface area contributed by atoms with Crippen molar-refractivity contribution in [3.63, 3.8) is 0 Å². The van der Waals surface area contributed by atoms with Crippen molar-refractivity contribution in [3.05, 3.63) is 47.0 Å². The highest BCUT2D eigenvalue weighted by molar-refractivity contribution is 6.30. The average molecular weight is 516 g/mol. The van der Waals surface area contributed by atoms with Crippen LogP contribution in [-0.4, -0.2) is 57.4 Å². The molecule has 2 unspecified atom stereocenters. The first-order valence-corrected chi connectivity index (χ1v) is 13.2. The number of anilines is 1. The molecule has 0 spiro atoms. The Hall–Kier alpha value is -2.64. The van der Waals surface area contributed by atoms with Crippen LogP contribution in [0.1, 0.15) is 44.1 Å². The molecule has 0 aromatic heterocycles. The van der Waals surface area contributed by atoms with Crippen molar-refractivity contribution in [2.24, 2.45) is 5.92 Å². The van der Waals surface area contributed by atoms with Crippen LogP contribution < -0.4 is 24.8 Å². The Morgan fingerprint density at radius 1 is 0.944 bits per heavy atom. The smallest absolute Gasteiger partial charge is 0.319 e. The van der Waals surface area contributed by atoms with Gasteiger partial charge in [0.2, 0.25) is 5.75 Å². The van der Waals surface area contributed by atoms with Gasteiger partial charge in [0.25, 0.3) is 0 Å². The van der Waals surface area contributed by atoms with Crippen molar-refractivity contribution in [1.82, 2.24) is 10.2 Å². The second-order valence-electron chi connectivity index (χ2n) is 9.78. The lowest BCUT2D eigenvalue weighted by Crippen LogP contribution is -2.55. The monoisotopic (exact) mass is 515 g/mol. The van der Waals surface area contributed by atoms with Crippen molar-refractivity contribution in [1.29, 1.82) is 0 Å². The quantitative estimate of drug-likeness (QED) is 0.468. The molecular weight excluding hydrogens is 478 g/mol. The predicted octanol–water partition coefficient (Wildman–Crippen LogP) is 5.75. The molecule has 0 bridgehead atoms. The molecule has 2 aromatic carbocycles. The van der Waals surface area contributed by atoms with E-state index in [9.17, 15) is 4.79 Å². The van der Waals surface area contributed by atoms with Crippen LogP contribution >= 0.6 is 11.6 Å². The molecule has 36 heavy (non-hydrogen) atoms. The minimum absolute atomic E-state index is 0.133. The molecule has 1 saturated heterocycles. The Bertz CT molecular complexity index is 983. The van der Waals surface area contributed by atoms with Gasteiger partial charge >= 0.3 is 6.03 Å². The zero-order valence-corrected chi connectivity index (χ0v) is 22.3. The molecule has 4 rings (SSSR count). The highest BCUT2D eigenvalue weighted by atomic mass is 35.5. The molecule has 1 aliphatic carbocycles. The molecule has 1 heterocycles. The molecule has 2 amide bonds. The molecule has 1 saturated carbocycles.